The lowest BCUT2D eigenvalue weighted by Gasteiger charge is -2.14. The number of carbonyl (C=O) groups excluding carboxylic acids is 1. The van der Waals surface area contributed by atoms with Crippen molar-refractivity contribution < 1.29 is 14.3 Å². The maximum Gasteiger partial charge on any atom is 0.260 e. The molecular formula is C19H22BrNO3. The molecule has 1 N–H and O–H groups in total. The number of hydrogen-bond acceptors (Lipinski definition) is 3. The molecule has 1 amide bonds. The molecule has 2 aromatic carbocycles. The third-order valence-electron chi connectivity index (χ3n) is 3.57. The van der Waals surface area contributed by atoms with E-state index < -0.39 is 6.10 Å². The predicted molar refractivity (Wildman–Crippen MR) is 98.6 cm³/mol. The van der Waals surface area contributed by atoms with E-state index in [-0.39, 0.29) is 5.91 Å². The van der Waals surface area contributed by atoms with E-state index in [0.29, 0.717) is 12.3 Å². The smallest absolute Gasteiger partial charge is 0.260 e. The molecule has 0 aliphatic heterocycles. The van der Waals surface area contributed by atoms with Crippen molar-refractivity contribution in [3.63, 3.8) is 0 Å². The fourth-order valence-corrected chi connectivity index (χ4v) is 2.51. The van der Waals surface area contributed by atoms with Crippen LogP contribution in [-0.4, -0.2) is 25.7 Å². The van der Waals surface area contributed by atoms with Crippen LogP contribution in [0.3, 0.4) is 0 Å². The first-order valence-electron chi connectivity index (χ1n) is 7.91. The van der Waals surface area contributed by atoms with E-state index in [2.05, 4.69) is 27.3 Å². The zero-order chi connectivity index (χ0) is 17.4. The van der Waals surface area contributed by atoms with Crippen LogP contribution >= 0.6 is 15.9 Å². The van der Waals surface area contributed by atoms with Gasteiger partial charge in [-0.1, -0.05) is 28.1 Å². The molecular weight excluding hydrogens is 370 g/mol. The van der Waals surface area contributed by atoms with Crippen molar-refractivity contribution in [2.75, 3.05) is 13.7 Å². The predicted octanol–water partition coefficient (Wildman–Crippen LogP) is 3.97. The molecule has 0 aliphatic rings. The summed E-state index contributed by atoms with van der Waals surface area (Å²) in [5, 5.41) is 2.91. The molecule has 2 rings (SSSR count). The van der Waals surface area contributed by atoms with E-state index >= 15 is 0 Å². The number of amides is 1. The maximum absolute atomic E-state index is 12.1. The number of nitrogens with one attached hydrogen (secondary N) is 1. The first kappa shape index (κ1) is 18.3. The Morgan fingerprint density at radius 3 is 2.62 bits per heavy atom. The van der Waals surface area contributed by atoms with Crippen LogP contribution in [0.1, 0.15) is 18.9 Å². The van der Waals surface area contributed by atoms with Crippen LogP contribution in [0.25, 0.3) is 0 Å². The molecule has 0 aromatic heterocycles. The highest BCUT2D eigenvalue weighted by atomic mass is 79.9. The Bertz CT molecular complexity index is 658. The van der Waals surface area contributed by atoms with Crippen LogP contribution in [-0.2, 0) is 11.2 Å². The fraction of sp³-hybridized carbons (Fsp3) is 0.316. The molecule has 5 heteroatoms. The second kappa shape index (κ2) is 9.33. The van der Waals surface area contributed by atoms with Gasteiger partial charge in [0.05, 0.1) is 7.11 Å². The molecule has 0 bridgehead atoms. The number of halogens is 1. The molecule has 0 saturated heterocycles. The van der Waals surface area contributed by atoms with Crippen LogP contribution in [0.4, 0.5) is 0 Å². The van der Waals surface area contributed by atoms with Crippen molar-refractivity contribution in [3.05, 3.63) is 58.6 Å². The topological polar surface area (TPSA) is 47.6 Å². The van der Waals surface area contributed by atoms with Crippen LogP contribution in [0.15, 0.2) is 53.0 Å². The normalized spacial score (nSPS) is 11.6. The van der Waals surface area contributed by atoms with Gasteiger partial charge in [0, 0.05) is 11.0 Å². The first-order chi connectivity index (χ1) is 11.6. The molecule has 0 fully saturated rings. The van der Waals surface area contributed by atoms with E-state index in [0.717, 1.165) is 23.1 Å². The van der Waals surface area contributed by atoms with E-state index in [1.165, 1.54) is 5.56 Å². The highest BCUT2D eigenvalue weighted by Gasteiger charge is 2.13. The van der Waals surface area contributed by atoms with Gasteiger partial charge in [-0.2, -0.15) is 0 Å². The van der Waals surface area contributed by atoms with Crippen molar-refractivity contribution in [2.24, 2.45) is 0 Å². The van der Waals surface area contributed by atoms with E-state index in [1.807, 2.05) is 42.5 Å². The SMILES string of the molecule is COc1cccc(CCCNC(=O)[C@@H](C)Oc2ccc(Br)cc2)c1. The van der Waals surface area contributed by atoms with Gasteiger partial charge in [-0.25, -0.2) is 0 Å². The number of hydrogen-bond donors (Lipinski definition) is 1. The fourth-order valence-electron chi connectivity index (χ4n) is 2.25. The second-order valence-corrected chi connectivity index (χ2v) is 6.38. The zero-order valence-corrected chi connectivity index (χ0v) is 15.5. The molecule has 0 aliphatic carbocycles. The summed E-state index contributed by atoms with van der Waals surface area (Å²) in [6, 6.07) is 15.4. The van der Waals surface area contributed by atoms with Crippen molar-refractivity contribution in [1.29, 1.82) is 0 Å². The summed E-state index contributed by atoms with van der Waals surface area (Å²) in [7, 11) is 1.66. The van der Waals surface area contributed by atoms with Gasteiger partial charge in [0.2, 0.25) is 0 Å². The Labute approximate surface area is 151 Å². The molecule has 2 aromatic rings. The molecule has 0 radical (unpaired) electrons. The van der Waals surface area contributed by atoms with Crippen molar-refractivity contribution in [3.8, 4) is 11.5 Å². The Kier molecular flexibility index (Phi) is 7.12. The Morgan fingerprint density at radius 2 is 1.92 bits per heavy atom. The number of ether oxygens (including phenoxy) is 2. The van der Waals surface area contributed by atoms with Crippen molar-refractivity contribution in [1.82, 2.24) is 5.32 Å². The van der Waals surface area contributed by atoms with Crippen LogP contribution < -0.4 is 14.8 Å². The van der Waals surface area contributed by atoms with Gasteiger partial charge in [0.25, 0.3) is 5.91 Å². The summed E-state index contributed by atoms with van der Waals surface area (Å²) in [6.45, 7) is 2.36. The van der Waals surface area contributed by atoms with Gasteiger partial charge in [0.1, 0.15) is 11.5 Å². The number of methoxy groups -OCH3 is 1. The third kappa shape index (κ3) is 5.89. The molecule has 128 valence electrons. The highest BCUT2D eigenvalue weighted by Crippen LogP contribution is 2.17. The minimum absolute atomic E-state index is 0.108. The summed E-state index contributed by atoms with van der Waals surface area (Å²) in [5.41, 5.74) is 1.20. The number of benzene rings is 2. The van der Waals surface area contributed by atoms with Gasteiger partial charge in [-0.15, -0.1) is 0 Å². The Morgan fingerprint density at radius 1 is 1.17 bits per heavy atom. The Balaban J connectivity index is 1.71. The third-order valence-corrected chi connectivity index (χ3v) is 4.10. The minimum atomic E-state index is -0.525. The minimum Gasteiger partial charge on any atom is -0.497 e. The average molecular weight is 392 g/mol. The van der Waals surface area contributed by atoms with Crippen molar-refractivity contribution in [2.45, 2.75) is 25.9 Å². The van der Waals surface area contributed by atoms with E-state index in [4.69, 9.17) is 9.47 Å². The lowest BCUT2D eigenvalue weighted by Crippen LogP contribution is -2.36. The van der Waals surface area contributed by atoms with E-state index in [1.54, 1.807) is 14.0 Å². The molecule has 4 nitrogen and oxygen atoms in total. The number of aryl methyl sites for hydroxylation is 1. The summed E-state index contributed by atoms with van der Waals surface area (Å²) in [5.74, 6) is 1.42. The highest BCUT2D eigenvalue weighted by molar-refractivity contribution is 9.10. The van der Waals surface area contributed by atoms with Gasteiger partial charge < -0.3 is 14.8 Å². The molecule has 0 unspecified atom stereocenters. The first-order valence-corrected chi connectivity index (χ1v) is 8.70. The lowest BCUT2D eigenvalue weighted by atomic mass is 10.1. The van der Waals surface area contributed by atoms with Crippen LogP contribution in [0, 0.1) is 0 Å². The van der Waals surface area contributed by atoms with Crippen molar-refractivity contribution >= 4 is 21.8 Å². The molecule has 0 saturated carbocycles. The average Bonchev–Trinajstić information content (AvgIpc) is 2.60. The summed E-state index contributed by atoms with van der Waals surface area (Å²) in [6.07, 6.45) is 1.23. The Hall–Kier alpha value is -2.01. The van der Waals surface area contributed by atoms with Crippen LogP contribution in [0.2, 0.25) is 0 Å². The lowest BCUT2D eigenvalue weighted by molar-refractivity contribution is -0.127. The summed E-state index contributed by atoms with van der Waals surface area (Å²) in [4.78, 5) is 12.1. The van der Waals surface area contributed by atoms with E-state index in [9.17, 15) is 4.79 Å². The monoisotopic (exact) mass is 391 g/mol. The second-order valence-electron chi connectivity index (χ2n) is 5.46. The molecule has 1 atom stereocenters. The number of carbonyl (C=O) groups is 1. The largest absolute Gasteiger partial charge is 0.497 e. The van der Waals surface area contributed by atoms with Crippen LogP contribution in [0.5, 0.6) is 11.5 Å². The molecule has 24 heavy (non-hydrogen) atoms. The van der Waals surface area contributed by atoms with Gasteiger partial charge in [0.15, 0.2) is 6.10 Å². The van der Waals surface area contributed by atoms with Gasteiger partial charge in [-0.05, 0) is 61.7 Å². The summed E-state index contributed by atoms with van der Waals surface area (Å²) >= 11 is 3.37. The summed E-state index contributed by atoms with van der Waals surface area (Å²) < 4.78 is 11.8. The standard InChI is InChI=1S/C19H22BrNO3/c1-14(24-17-10-8-16(20)9-11-17)19(22)21-12-4-6-15-5-3-7-18(13-15)23-2/h3,5,7-11,13-14H,4,6,12H2,1-2H3,(H,21,22)/t14-/m1/s1. The van der Waals surface area contributed by atoms with Gasteiger partial charge in [-0.3, -0.25) is 4.79 Å². The zero-order valence-electron chi connectivity index (χ0n) is 13.9. The van der Waals surface area contributed by atoms with Gasteiger partial charge >= 0.3 is 0 Å². The molecule has 0 heterocycles. The molecule has 0 spiro atoms. The maximum atomic E-state index is 12.1. The quantitative estimate of drug-likeness (QED) is 0.692. The number of rotatable bonds is 8.